The van der Waals surface area contributed by atoms with Crippen molar-refractivity contribution in [2.24, 2.45) is 13.0 Å². The highest BCUT2D eigenvalue weighted by Gasteiger charge is 2.36. The largest absolute Gasteiger partial charge is 0.343 e. The van der Waals surface area contributed by atoms with E-state index in [2.05, 4.69) is 10.6 Å². The summed E-state index contributed by atoms with van der Waals surface area (Å²) in [5, 5.41) is 6.31. The maximum Gasteiger partial charge on any atom is 0.271 e. The van der Waals surface area contributed by atoms with Gasteiger partial charge in [0, 0.05) is 44.1 Å². The number of hydrogen-bond donors (Lipinski definition) is 2. The summed E-state index contributed by atoms with van der Waals surface area (Å²) in [4.78, 5) is 54.9. The van der Waals surface area contributed by atoms with Crippen LogP contribution in [0.4, 0.5) is 4.39 Å². The molecule has 200 valence electrons. The molecule has 1 aliphatic carbocycles. The number of amides is 3. The second-order valence-corrected chi connectivity index (χ2v) is 10.1. The zero-order valence-corrected chi connectivity index (χ0v) is 21.8. The molecule has 10 heteroatoms. The van der Waals surface area contributed by atoms with Crippen LogP contribution in [-0.2, 0) is 16.6 Å². The number of aryl methyl sites for hydroxylation is 1. The molecule has 37 heavy (non-hydrogen) atoms. The summed E-state index contributed by atoms with van der Waals surface area (Å²) in [5.74, 6) is -1.01. The minimum absolute atomic E-state index is 0.0975. The zero-order chi connectivity index (χ0) is 26.7. The third-order valence-corrected chi connectivity index (χ3v) is 7.91. The lowest BCUT2D eigenvalue weighted by Gasteiger charge is -2.39. The molecular formula is C27H36FN5O4. The minimum atomic E-state index is -0.583. The van der Waals surface area contributed by atoms with Gasteiger partial charge in [0.1, 0.15) is 17.6 Å². The van der Waals surface area contributed by atoms with Gasteiger partial charge in [-0.1, -0.05) is 19.3 Å². The monoisotopic (exact) mass is 513 g/mol. The Morgan fingerprint density at radius 1 is 1.05 bits per heavy atom. The first kappa shape index (κ1) is 26.8. The Kier molecular flexibility index (Phi) is 8.26. The molecule has 2 atom stereocenters. The number of aldehydes is 1. The van der Waals surface area contributed by atoms with E-state index in [4.69, 9.17) is 0 Å². The van der Waals surface area contributed by atoms with Gasteiger partial charge in [-0.25, -0.2) is 4.39 Å². The number of piperazine rings is 1. The normalized spacial score (nSPS) is 18.5. The lowest BCUT2D eigenvalue weighted by Crippen LogP contribution is -2.59. The third-order valence-electron chi connectivity index (χ3n) is 7.91. The molecule has 1 aromatic heterocycles. The quantitative estimate of drug-likeness (QED) is 0.552. The first-order valence-electron chi connectivity index (χ1n) is 13.1. The number of rotatable bonds is 7. The van der Waals surface area contributed by atoms with Crippen LogP contribution in [-0.4, -0.2) is 83.7 Å². The number of aromatic nitrogens is 1. The van der Waals surface area contributed by atoms with Gasteiger partial charge in [-0.2, -0.15) is 0 Å². The van der Waals surface area contributed by atoms with Crippen molar-refractivity contribution in [1.29, 1.82) is 0 Å². The second-order valence-electron chi connectivity index (χ2n) is 10.1. The van der Waals surface area contributed by atoms with Gasteiger partial charge in [0.25, 0.3) is 5.91 Å². The summed E-state index contributed by atoms with van der Waals surface area (Å²) in [6, 6.07) is 3.13. The van der Waals surface area contributed by atoms with Crippen LogP contribution in [0.15, 0.2) is 18.2 Å². The van der Waals surface area contributed by atoms with Crippen molar-refractivity contribution in [2.75, 3.05) is 33.2 Å². The van der Waals surface area contributed by atoms with Crippen molar-refractivity contribution in [3.63, 3.8) is 0 Å². The number of carbonyl (C=O) groups excluding carboxylic acids is 4. The maximum atomic E-state index is 13.8. The molecule has 9 nitrogen and oxygen atoms in total. The predicted molar refractivity (Wildman–Crippen MR) is 138 cm³/mol. The Bertz CT molecular complexity index is 1180. The van der Waals surface area contributed by atoms with Crippen LogP contribution in [0, 0.1) is 11.7 Å². The fourth-order valence-corrected chi connectivity index (χ4v) is 5.56. The Hall–Kier alpha value is -3.27. The van der Waals surface area contributed by atoms with Gasteiger partial charge in [-0.05, 0) is 50.9 Å². The standard InChI is InChI=1S/C27H36FN5O4/c1-17(29-2)25(35)30-23(18-7-5-4-6-8-18)26(36)32-11-13-33(14-12-32)27(37)24-21(16-34)20-15-19(28)9-10-22(20)31(24)3/h9-10,15-18,23,29H,4-8,11-14H2,1-3H3,(H,30,35)/t17-,23?/m0/s1. The number of benzene rings is 1. The fraction of sp³-hybridized carbons (Fsp3) is 0.556. The molecule has 3 amide bonds. The lowest BCUT2D eigenvalue weighted by molar-refractivity contribution is -0.140. The molecule has 1 saturated heterocycles. The van der Waals surface area contributed by atoms with Crippen molar-refractivity contribution in [1.82, 2.24) is 25.0 Å². The van der Waals surface area contributed by atoms with Gasteiger partial charge in [-0.3, -0.25) is 19.2 Å². The molecule has 0 radical (unpaired) electrons. The van der Waals surface area contributed by atoms with E-state index in [9.17, 15) is 23.6 Å². The van der Waals surface area contributed by atoms with E-state index in [0.29, 0.717) is 43.4 Å². The average molecular weight is 514 g/mol. The Morgan fingerprint density at radius 3 is 2.32 bits per heavy atom. The van der Waals surface area contributed by atoms with Crippen LogP contribution < -0.4 is 10.6 Å². The van der Waals surface area contributed by atoms with E-state index in [1.807, 2.05) is 0 Å². The van der Waals surface area contributed by atoms with Gasteiger partial charge in [0.15, 0.2) is 6.29 Å². The zero-order valence-electron chi connectivity index (χ0n) is 21.8. The molecule has 1 unspecified atom stereocenters. The van der Waals surface area contributed by atoms with Gasteiger partial charge in [0.05, 0.1) is 11.6 Å². The molecule has 2 aromatic rings. The summed E-state index contributed by atoms with van der Waals surface area (Å²) in [6.07, 6.45) is 5.63. The number of nitrogens with zero attached hydrogens (tertiary/aromatic N) is 3. The molecule has 2 aliphatic rings. The summed E-state index contributed by atoms with van der Waals surface area (Å²) >= 11 is 0. The molecule has 2 fully saturated rings. The van der Waals surface area contributed by atoms with Crippen molar-refractivity contribution in [3.8, 4) is 0 Å². The molecule has 4 rings (SSSR count). The van der Waals surface area contributed by atoms with Crippen LogP contribution in [0.1, 0.15) is 59.9 Å². The van der Waals surface area contributed by atoms with Crippen LogP contribution in [0.2, 0.25) is 0 Å². The maximum absolute atomic E-state index is 13.8. The van der Waals surface area contributed by atoms with Crippen LogP contribution in [0.5, 0.6) is 0 Å². The number of fused-ring (bicyclic) bond motifs is 1. The van der Waals surface area contributed by atoms with Crippen molar-refractivity contribution in [3.05, 3.63) is 35.3 Å². The van der Waals surface area contributed by atoms with E-state index in [-0.39, 0.29) is 34.9 Å². The van der Waals surface area contributed by atoms with Crippen molar-refractivity contribution < 1.29 is 23.6 Å². The first-order valence-corrected chi connectivity index (χ1v) is 13.1. The van der Waals surface area contributed by atoms with Crippen molar-refractivity contribution in [2.45, 2.75) is 51.1 Å². The highest BCUT2D eigenvalue weighted by atomic mass is 19.1. The molecule has 0 spiro atoms. The highest BCUT2D eigenvalue weighted by molar-refractivity contribution is 6.10. The average Bonchev–Trinajstić information content (AvgIpc) is 3.21. The summed E-state index contributed by atoms with van der Waals surface area (Å²) < 4.78 is 15.4. The second kappa shape index (κ2) is 11.4. The van der Waals surface area contributed by atoms with Crippen LogP contribution in [0.25, 0.3) is 10.9 Å². The van der Waals surface area contributed by atoms with E-state index < -0.39 is 17.9 Å². The van der Waals surface area contributed by atoms with E-state index in [1.165, 1.54) is 12.1 Å². The summed E-state index contributed by atoms with van der Waals surface area (Å²) in [7, 11) is 3.39. The summed E-state index contributed by atoms with van der Waals surface area (Å²) in [5.41, 5.74) is 0.977. The molecule has 1 saturated carbocycles. The van der Waals surface area contributed by atoms with Gasteiger partial charge in [-0.15, -0.1) is 0 Å². The van der Waals surface area contributed by atoms with Crippen molar-refractivity contribution >= 4 is 34.9 Å². The molecule has 1 aliphatic heterocycles. The van der Waals surface area contributed by atoms with Gasteiger partial charge >= 0.3 is 0 Å². The minimum Gasteiger partial charge on any atom is -0.343 e. The molecule has 0 bridgehead atoms. The number of nitrogens with one attached hydrogen (secondary N) is 2. The molecular weight excluding hydrogens is 477 g/mol. The fourth-order valence-electron chi connectivity index (χ4n) is 5.56. The number of likely N-dealkylation sites (N-methyl/N-ethyl adjacent to an activating group) is 1. The first-order chi connectivity index (χ1) is 17.8. The van der Waals surface area contributed by atoms with Gasteiger partial charge < -0.3 is 25.0 Å². The predicted octanol–water partition coefficient (Wildman–Crippen LogP) is 2.09. The van der Waals surface area contributed by atoms with Crippen LogP contribution in [0.3, 0.4) is 0 Å². The van der Waals surface area contributed by atoms with Crippen LogP contribution >= 0.6 is 0 Å². The Labute approximate surface area is 216 Å². The molecule has 2 heterocycles. The lowest BCUT2D eigenvalue weighted by atomic mass is 9.83. The topological polar surface area (TPSA) is 104 Å². The number of carbonyl (C=O) groups is 4. The van der Waals surface area contributed by atoms with E-state index in [1.54, 1.807) is 41.5 Å². The summed E-state index contributed by atoms with van der Waals surface area (Å²) in [6.45, 7) is 3.03. The smallest absolute Gasteiger partial charge is 0.271 e. The van der Waals surface area contributed by atoms with E-state index in [0.717, 1.165) is 32.1 Å². The molecule has 2 N–H and O–H groups in total. The highest BCUT2D eigenvalue weighted by Crippen LogP contribution is 2.29. The number of hydrogen-bond acceptors (Lipinski definition) is 5. The Morgan fingerprint density at radius 2 is 1.70 bits per heavy atom. The number of halogens is 1. The van der Waals surface area contributed by atoms with E-state index >= 15 is 0 Å². The van der Waals surface area contributed by atoms with Gasteiger partial charge in [0.2, 0.25) is 11.8 Å². The molecule has 1 aromatic carbocycles. The Balaban J connectivity index is 1.48. The SMILES string of the molecule is CN[C@@H](C)C(=O)NC(C(=O)N1CCN(C(=O)c2c(C=O)c3cc(F)ccc3n2C)CC1)C1CCCCC1. The third kappa shape index (κ3) is 5.39.